The fraction of sp³-hybridized carbons (Fsp3) is 0.269. The summed E-state index contributed by atoms with van der Waals surface area (Å²) in [6, 6.07) is 15.6. The lowest BCUT2D eigenvalue weighted by Crippen LogP contribution is -2.21. The van der Waals surface area contributed by atoms with Crippen molar-refractivity contribution in [1.82, 2.24) is 19.9 Å². The van der Waals surface area contributed by atoms with Crippen LogP contribution >= 0.6 is 0 Å². The highest BCUT2D eigenvalue weighted by Crippen LogP contribution is 2.31. The maximum atomic E-state index is 13.3. The molecule has 12 heteroatoms. The molecule has 11 nitrogen and oxygen atoms in total. The molecule has 3 N–H and O–H groups in total. The van der Waals surface area contributed by atoms with Gasteiger partial charge in [0.2, 0.25) is 0 Å². The smallest absolute Gasteiger partial charge is 0.264 e. The molecule has 0 saturated carbocycles. The van der Waals surface area contributed by atoms with Gasteiger partial charge in [-0.25, -0.2) is 23.4 Å². The van der Waals surface area contributed by atoms with Crippen molar-refractivity contribution in [2.75, 3.05) is 56.3 Å². The third kappa shape index (κ3) is 6.78. The average molecular weight is 538 g/mol. The molecule has 0 amide bonds. The third-order valence-corrected chi connectivity index (χ3v) is 6.73. The van der Waals surface area contributed by atoms with Gasteiger partial charge in [0.25, 0.3) is 10.0 Å². The van der Waals surface area contributed by atoms with E-state index in [1.54, 1.807) is 43.5 Å². The summed E-state index contributed by atoms with van der Waals surface area (Å²) in [5, 5.41) is 6.33. The Labute approximate surface area is 222 Å². The topological polar surface area (TPSA) is 131 Å². The fourth-order valence-electron chi connectivity index (χ4n) is 3.54. The number of rotatable bonds is 12. The van der Waals surface area contributed by atoms with Gasteiger partial charge >= 0.3 is 0 Å². The number of sulfonamides is 1. The van der Waals surface area contributed by atoms with E-state index in [1.165, 1.54) is 12.3 Å². The van der Waals surface area contributed by atoms with Crippen LogP contribution in [0.3, 0.4) is 0 Å². The van der Waals surface area contributed by atoms with Crippen molar-refractivity contribution in [3.8, 4) is 11.5 Å². The molecule has 200 valence electrons. The molecule has 0 radical (unpaired) electrons. The fourth-order valence-corrected chi connectivity index (χ4v) is 4.50. The summed E-state index contributed by atoms with van der Waals surface area (Å²) in [6.07, 6.45) is 1.30. The SMILES string of the molecule is CCOc1cc(Nc2nc3ccccc3nc2NS(=O)(=O)c2ccc(NCCN(C)C)nc2)cc(OC)c1. The highest BCUT2D eigenvalue weighted by Gasteiger charge is 2.20. The number of hydrogen-bond acceptors (Lipinski definition) is 10. The van der Waals surface area contributed by atoms with Gasteiger partial charge in [-0.15, -0.1) is 0 Å². The van der Waals surface area contributed by atoms with Crippen molar-refractivity contribution in [1.29, 1.82) is 0 Å². The molecule has 0 aliphatic carbocycles. The number of nitrogens with zero attached hydrogens (tertiary/aromatic N) is 4. The first-order chi connectivity index (χ1) is 18.3. The number of nitrogens with one attached hydrogen (secondary N) is 3. The van der Waals surface area contributed by atoms with Crippen LogP contribution in [0.5, 0.6) is 11.5 Å². The molecule has 0 aliphatic heterocycles. The van der Waals surface area contributed by atoms with E-state index < -0.39 is 10.0 Å². The standard InChI is InChI=1S/C26H31N7O4S/c1-5-37-20-15-18(14-19(16-20)36-4)29-25-26(31-23-9-7-6-8-22(23)30-25)32-38(34,35)21-10-11-24(28-17-21)27-12-13-33(2)3/h6-11,14-17H,5,12-13H2,1-4H3,(H,27,28)(H,29,30)(H,31,32). The maximum Gasteiger partial charge on any atom is 0.264 e. The molecule has 4 aromatic rings. The molecule has 2 aromatic heterocycles. The van der Waals surface area contributed by atoms with Crippen LogP contribution < -0.4 is 24.8 Å². The number of aromatic nitrogens is 3. The normalized spacial score (nSPS) is 11.4. The van der Waals surface area contributed by atoms with Gasteiger partial charge in [0.05, 0.1) is 24.8 Å². The highest BCUT2D eigenvalue weighted by atomic mass is 32.2. The number of methoxy groups -OCH3 is 1. The largest absolute Gasteiger partial charge is 0.497 e. The zero-order chi connectivity index (χ0) is 27.1. The molecule has 0 fully saturated rings. The molecule has 0 spiro atoms. The molecule has 2 aromatic carbocycles. The maximum absolute atomic E-state index is 13.3. The first-order valence-corrected chi connectivity index (χ1v) is 13.5. The summed E-state index contributed by atoms with van der Waals surface area (Å²) >= 11 is 0. The minimum atomic E-state index is -4.02. The Kier molecular flexibility index (Phi) is 8.44. The number of para-hydroxylation sites is 2. The Bertz CT molecular complexity index is 1500. The van der Waals surface area contributed by atoms with Crippen LogP contribution in [0, 0.1) is 0 Å². The number of hydrogen-bond donors (Lipinski definition) is 3. The van der Waals surface area contributed by atoms with Crippen molar-refractivity contribution in [3.05, 3.63) is 60.8 Å². The lowest BCUT2D eigenvalue weighted by Gasteiger charge is -2.15. The second kappa shape index (κ2) is 11.9. The number of fused-ring (bicyclic) bond motifs is 1. The summed E-state index contributed by atoms with van der Waals surface area (Å²) in [7, 11) is 1.49. The van der Waals surface area contributed by atoms with E-state index in [9.17, 15) is 8.42 Å². The molecule has 38 heavy (non-hydrogen) atoms. The van der Waals surface area contributed by atoms with Gasteiger partial charge in [-0.05, 0) is 45.3 Å². The van der Waals surface area contributed by atoms with Gasteiger partial charge in [-0.2, -0.15) is 0 Å². The lowest BCUT2D eigenvalue weighted by atomic mass is 10.2. The molecule has 0 saturated heterocycles. The molecule has 0 atom stereocenters. The van der Waals surface area contributed by atoms with Gasteiger partial charge in [0.15, 0.2) is 11.6 Å². The van der Waals surface area contributed by atoms with Gasteiger partial charge < -0.3 is 25.0 Å². The molecule has 2 heterocycles. The summed E-state index contributed by atoms with van der Waals surface area (Å²) in [4.78, 5) is 15.4. The van der Waals surface area contributed by atoms with Crippen molar-refractivity contribution in [2.45, 2.75) is 11.8 Å². The number of likely N-dealkylation sites (N-methyl/N-ethyl adjacent to an activating group) is 1. The van der Waals surface area contributed by atoms with Crippen molar-refractivity contribution in [2.24, 2.45) is 0 Å². The predicted molar refractivity (Wildman–Crippen MR) is 149 cm³/mol. The van der Waals surface area contributed by atoms with Crippen molar-refractivity contribution >= 4 is 44.2 Å². The van der Waals surface area contributed by atoms with Gasteiger partial charge in [0, 0.05) is 43.2 Å². The number of anilines is 4. The Morgan fingerprint density at radius 2 is 1.66 bits per heavy atom. The Morgan fingerprint density at radius 3 is 2.29 bits per heavy atom. The van der Waals surface area contributed by atoms with Crippen LogP contribution in [-0.2, 0) is 10.0 Å². The van der Waals surface area contributed by atoms with E-state index >= 15 is 0 Å². The van der Waals surface area contributed by atoms with E-state index in [0.29, 0.717) is 47.2 Å². The van der Waals surface area contributed by atoms with Gasteiger partial charge in [-0.1, -0.05) is 12.1 Å². The average Bonchev–Trinajstić information content (AvgIpc) is 2.89. The van der Waals surface area contributed by atoms with Crippen LogP contribution in [0.2, 0.25) is 0 Å². The summed E-state index contributed by atoms with van der Waals surface area (Å²) < 4.78 is 40.1. The first-order valence-electron chi connectivity index (χ1n) is 12.0. The monoisotopic (exact) mass is 537 g/mol. The Morgan fingerprint density at radius 1 is 0.947 bits per heavy atom. The highest BCUT2D eigenvalue weighted by molar-refractivity contribution is 7.92. The molecule has 0 unspecified atom stereocenters. The van der Waals surface area contributed by atoms with Crippen LogP contribution in [0.1, 0.15) is 6.92 Å². The molecule has 0 aliphatic rings. The van der Waals surface area contributed by atoms with Crippen LogP contribution in [-0.4, -0.2) is 69.2 Å². The van der Waals surface area contributed by atoms with Crippen LogP contribution in [0.15, 0.2) is 65.7 Å². The van der Waals surface area contributed by atoms with E-state index in [4.69, 9.17) is 9.47 Å². The van der Waals surface area contributed by atoms with E-state index in [-0.39, 0.29) is 16.5 Å². The minimum absolute atomic E-state index is 0.00317. The minimum Gasteiger partial charge on any atom is -0.497 e. The zero-order valence-corrected chi connectivity index (χ0v) is 22.5. The predicted octanol–water partition coefficient (Wildman–Crippen LogP) is 3.95. The van der Waals surface area contributed by atoms with Gasteiger partial charge in [-0.3, -0.25) is 4.72 Å². The first kappa shape index (κ1) is 26.9. The Hall–Kier alpha value is -4.16. The van der Waals surface area contributed by atoms with Crippen molar-refractivity contribution in [3.63, 3.8) is 0 Å². The number of ether oxygens (including phenoxy) is 2. The zero-order valence-electron chi connectivity index (χ0n) is 21.7. The lowest BCUT2D eigenvalue weighted by molar-refractivity contribution is 0.336. The molecule has 0 bridgehead atoms. The number of pyridine rings is 1. The quantitative estimate of drug-likeness (QED) is 0.244. The van der Waals surface area contributed by atoms with Gasteiger partial charge in [0.1, 0.15) is 22.2 Å². The number of benzene rings is 2. The van der Waals surface area contributed by atoms with Crippen molar-refractivity contribution < 1.29 is 17.9 Å². The summed E-state index contributed by atoms with van der Waals surface area (Å²) in [6.45, 7) is 3.86. The summed E-state index contributed by atoms with van der Waals surface area (Å²) in [5.74, 6) is 2.01. The van der Waals surface area contributed by atoms with E-state index in [2.05, 4.69) is 30.3 Å². The third-order valence-electron chi connectivity index (χ3n) is 5.40. The summed E-state index contributed by atoms with van der Waals surface area (Å²) in [5.41, 5.74) is 1.73. The molecular weight excluding hydrogens is 506 g/mol. The molecule has 4 rings (SSSR count). The second-order valence-electron chi connectivity index (χ2n) is 8.58. The van der Waals surface area contributed by atoms with E-state index in [0.717, 1.165) is 6.54 Å². The van der Waals surface area contributed by atoms with Crippen LogP contribution in [0.25, 0.3) is 11.0 Å². The second-order valence-corrected chi connectivity index (χ2v) is 10.3. The van der Waals surface area contributed by atoms with E-state index in [1.807, 2.05) is 38.1 Å². The molecular formula is C26H31N7O4S. The van der Waals surface area contributed by atoms with Crippen LogP contribution in [0.4, 0.5) is 23.1 Å². The Balaban J connectivity index is 1.64.